The molecule has 0 bridgehead atoms. The molecule has 1 aliphatic heterocycles. The van der Waals surface area contributed by atoms with Crippen LogP contribution >= 0.6 is 0 Å². The summed E-state index contributed by atoms with van der Waals surface area (Å²) >= 11 is 0. The Balaban J connectivity index is 1.29. The molecule has 0 radical (unpaired) electrons. The first-order valence-corrected chi connectivity index (χ1v) is 12.1. The first-order chi connectivity index (χ1) is 14.8. The number of hydrogen-bond donors (Lipinski definition) is 1. The summed E-state index contributed by atoms with van der Waals surface area (Å²) in [6, 6.07) is 0. The summed E-state index contributed by atoms with van der Waals surface area (Å²) in [5.41, 5.74) is -1.72. The van der Waals surface area contributed by atoms with E-state index in [2.05, 4.69) is 17.8 Å². The van der Waals surface area contributed by atoms with E-state index in [-0.39, 0.29) is 30.1 Å². The van der Waals surface area contributed by atoms with Gasteiger partial charge in [-0.05, 0) is 92.8 Å². The minimum atomic E-state index is -2.64. The molecule has 170 valence electrons. The maximum Gasteiger partial charge on any atom is 0.266 e. The third-order valence-electron chi connectivity index (χ3n) is 9.81. The number of carbonyl (C=O) groups excluding carboxylic acids is 1. The number of nitrogens with zero attached hydrogens (tertiary/aromatic N) is 2. The number of aliphatic imine (C=N–C) groups is 1. The van der Waals surface area contributed by atoms with Gasteiger partial charge < -0.3 is 10.0 Å². The highest BCUT2D eigenvalue weighted by atomic mass is 19.3. The van der Waals surface area contributed by atoms with Crippen molar-refractivity contribution in [2.45, 2.75) is 76.7 Å². The topological polar surface area (TPSA) is 52.9 Å². The van der Waals surface area contributed by atoms with Crippen LogP contribution in [0.25, 0.3) is 0 Å². The number of halogens is 2. The predicted molar refractivity (Wildman–Crippen MR) is 114 cm³/mol. The highest BCUT2D eigenvalue weighted by Crippen LogP contribution is 2.64. The second-order valence-electron chi connectivity index (χ2n) is 11.1. The van der Waals surface area contributed by atoms with Gasteiger partial charge in [0.25, 0.3) is 6.43 Å². The smallest absolute Gasteiger partial charge is 0.266 e. The van der Waals surface area contributed by atoms with Gasteiger partial charge in [0.2, 0.25) is 0 Å². The monoisotopic (exact) mass is 432 g/mol. The van der Waals surface area contributed by atoms with E-state index in [1.807, 2.05) is 11.1 Å². The van der Waals surface area contributed by atoms with Gasteiger partial charge in [0, 0.05) is 18.0 Å². The summed E-state index contributed by atoms with van der Waals surface area (Å²) < 4.78 is 26.8. The van der Waals surface area contributed by atoms with Crippen LogP contribution in [0.15, 0.2) is 23.6 Å². The molecule has 3 unspecified atom stereocenters. The maximum absolute atomic E-state index is 13.4. The molecule has 0 aromatic rings. The largest absolute Gasteiger partial charge is 0.384 e. The third kappa shape index (κ3) is 3.51. The fraction of sp³-hybridized carbons (Fsp3) is 0.800. The molecular formula is C25H34F2N2O2. The molecule has 1 heterocycles. The zero-order valence-electron chi connectivity index (χ0n) is 18.4. The molecule has 5 aliphatic rings. The molecule has 4 saturated carbocycles. The Morgan fingerprint density at radius 1 is 1.16 bits per heavy atom. The Labute approximate surface area is 183 Å². The fourth-order valence-electron chi connectivity index (χ4n) is 8.34. The molecule has 0 aromatic carbocycles. The molecule has 1 N–H and O–H groups in total. The van der Waals surface area contributed by atoms with E-state index in [1.165, 1.54) is 0 Å². The van der Waals surface area contributed by atoms with E-state index in [1.54, 1.807) is 12.4 Å². The molecule has 8 atom stereocenters. The van der Waals surface area contributed by atoms with Gasteiger partial charge in [0.1, 0.15) is 5.60 Å². The number of fused-ring (bicyclic) bond motifs is 5. The SMILES string of the molecule is C[C@]12CCC3C(CC[C@@H]4C[C@@](O)(C(F)F)CC[C@H]34)C1CC[C@@H]2C(=O)CN1C=C=NC=C1. The second kappa shape index (κ2) is 7.81. The van der Waals surface area contributed by atoms with Gasteiger partial charge in [0.15, 0.2) is 5.78 Å². The van der Waals surface area contributed by atoms with Crippen LogP contribution in [0.1, 0.15) is 64.7 Å². The number of Topliss-reactive ketones (excluding diaryl/α,β-unsaturated/α-hetero) is 1. The van der Waals surface area contributed by atoms with Gasteiger partial charge in [-0.3, -0.25) is 4.79 Å². The van der Waals surface area contributed by atoms with Gasteiger partial charge >= 0.3 is 0 Å². The molecule has 4 fully saturated rings. The number of aliphatic hydroxyl groups is 1. The average Bonchev–Trinajstić information content (AvgIpc) is 3.11. The molecular weight excluding hydrogens is 398 g/mol. The Morgan fingerprint density at radius 2 is 1.97 bits per heavy atom. The van der Waals surface area contributed by atoms with Crippen molar-refractivity contribution in [1.29, 1.82) is 0 Å². The molecule has 4 nitrogen and oxygen atoms in total. The molecule has 0 aromatic heterocycles. The van der Waals surface area contributed by atoms with Crippen LogP contribution in [-0.2, 0) is 4.79 Å². The first-order valence-electron chi connectivity index (χ1n) is 12.1. The lowest BCUT2D eigenvalue weighted by Gasteiger charge is -2.57. The number of rotatable bonds is 4. The summed E-state index contributed by atoms with van der Waals surface area (Å²) in [4.78, 5) is 19.0. The van der Waals surface area contributed by atoms with Crippen molar-refractivity contribution in [1.82, 2.24) is 4.90 Å². The highest BCUT2D eigenvalue weighted by molar-refractivity contribution is 5.84. The van der Waals surface area contributed by atoms with Crippen LogP contribution < -0.4 is 0 Å². The molecule has 0 amide bonds. The van der Waals surface area contributed by atoms with Gasteiger partial charge in [-0.15, -0.1) is 0 Å². The fourth-order valence-corrected chi connectivity index (χ4v) is 8.34. The summed E-state index contributed by atoms with van der Waals surface area (Å²) in [6.45, 7) is 2.73. The zero-order chi connectivity index (χ0) is 21.8. The van der Waals surface area contributed by atoms with Crippen molar-refractivity contribution >= 4 is 11.7 Å². The average molecular weight is 433 g/mol. The van der Waals surface area contributed by atoms with Crippen molar-refractivity contribution in [2.24, 2.45) is 45.9 Å². The third-order valence-corrected chi connectivity index (χ3v) is 9.81. The van der Waals surface area contributed by atoms with Crippen molar-refractivity contribution in [2.75, 3.05) is 6.54 Å². The van der Waals surface area contributed by atoms with E-state index in [0.29, 0.717) is 36.0 Å². The lowest BCUT2D eigenvalue weighted by Crippen LogP contribution is -2.53. The van der Waals surface area contributed by atoms with E-state index in [4.69, 9.17) is 0 Å². The molecule has 0 saturated heterocycles. The standard InChI is InChI=1S/C25H34F2N2O2/c1-24-8-6-18-17-7-9-25(31,23(26)27)14-16(17)2-3-19(18)20(24)4-5-21(24)22(30)15-29-12-10-28-11-13-29/h10,12-13,16-21,23,31H,2-9,14-15H2,1H3/t16-,17+,18?,19?,20?,21-,24+,25-/m1/s1. The van der Waals surface area contributed by atoms with Crippen LogP contribution in [0.2, 0.25) is 0 Å². The van der Waals surface area contributed by atoms with Gasteiger partial charge in [0.05, 0.1) is 18.9 Å². The van der Waals surface area contributed by atoms with Crippen molar-refractivity contribution in [3.8, 4) is 0 Å². The minimum Gasteiger partial charge on any atom is -0.384 e. The number of hydrogen-bond acceptors (Lipinski definition) is 4. The van der Waals surface area contributed by atoms with Crippen molar-refractivity contribution in [3.63, 3.8) is 0 Å². The van der Waals surface area contributed by atoms with Gasteiger partial charge in [-0.2, -0.15) is 0 Å². The lowest BCUT2D eigenvalue weighted by molar-refractivity contribution is -0.160. The Bertz CT molecular complexity index is 822. The normalized spacial score (nSPS) is 46.0. The number of ketones is 1. The van der Waals surface area contributed by atoms with E-state index in [0.717, 1.165) is 44.9 Å². The summed E-state index contributed by atoms with van der Waals surface area (Å²) in [6.07, 6.45) is 10.1. The van der Waals surface area contributed by atoms with Crippen LogP contribution in [0.5, 0.6) is 0 Å². The second-order valence-corrected chi connectivity index (χ2v) is 11.1. The molecule has 6 heteroatoms. The molecule has 31 heavy (non-hydrogen) atoms. The Morgan fingerprint density at radius 3 is 2.71 bits per heavy atom. The van der Waals surface area contributed by atoms with E-state index in [9.17, 15) is 18.7 Å². The quantitative estimate of drug-likeness (QED) is 0.695. The van der Waals surface area contributed by atoms with Crippen LogP contribution in [0.3, 0.4) is 0 Å². The molecule has 0 spiro atoms. The predicted octanol–water partition coefficient (Wildman–Crippen LogP) is 4.79. The number of alkyl halides is 2. The molecule has 4 aliphatic carbocycles. The van der Waals surface area contributed by atoms with E-state index >= 15 is 0 Å². The van der Waals surface area contributed by atoms with Crippen molar-refractivity contribution in [3.05, 3.63) is 18.6 Å². The van der Waals surface area contributed by atoms with Gasteiger partial charge in [-0.25, -0.2) is 13.8 Å². The van der Waals surface area contributed by atoms with Crippen LogP contribution in [0, 0.1) is 40.9 Å². The zero-order valence-corrected chi connectivity index (χ0v) is 18.4. The highest BCUT2D eigenvalue weighted by Gasteiger charge is 2.59. The Kier molecular flexibility index (Phi) is 5.37. The summed E-state index contributed by atoms with van der Waals surface area (Å²) in [7, 11) is 0. The first kappa shape index (κ1) is 21.3. The van der Waals surface area contributed by atoms with Crippen molar-refractivity contribution < 1.29 is 18.7 Å². The van der Waals surface area contributed by atoms with Gasteiger partial charge in [-0.1, -0.05) is 6.92 Å². The van der Waals surface area contributed by atoms with Crippen LogP contribution in [0.4, 0.5) is 8.78 Å². The maximum atomic E-state index is 13.4. The van der Waals surface area contributed by atoms with Crippen LogP contribution in [-0.4, -0.2) is 40.2 Å². The molecule has 5 rings (SSSR count). The lowest BCUT2D eigenvalue weighted by atomic mass is 9.49. The van der Waals surface area contributed by atoms with E-state index < -0.39 is 12.0 Å². The number of carbonyl (C=O) groups is 1. The minimum absolute atomic E-state index is 0.0563. The summed E-state index contributed by atoms with van der Waals surface area (Å²) in [5.74, 6) is 5.68. The Hall–Kier alpha value is -1.52. The summed E-state index contributed by atoms with van der Waals surface area (Å²) in [5, 5.41) is 10.4.